The molecule has 0 spiro atoms. The van der Waals surface area contributed by atoms with Gasteiger partial charge in [-0.15, -0.1) is 10.2 Å². The molecule has 0 unspecified atom stereocenters. The van der Waals surface area contributed by atoms with Gasteiger partial charge in [-0.3, -0.25) is 0 Å². The number of aryl methyl sites for hydroxylation is 1. The standard InChI is InChI=1S/C20H30N6O3/c1-5-21-20(23-13-18-25-24-17-8-6-7-9-26(17)18)22-12-14-10-15(27-2)19(29-4)16(11-14)28-3/h10-11H,5-9,12-13H2,1-4H3,(H2,21,22,23). The van der Waals surface area contributed by atoms with E-state index in [1.807, 2.05) is 19.1 Å². The van der Waals surface area contributed by atoms with Crippen molar-refractivity contribution in [2.24, 2.45) is 4.99 Å². The molecule has 0 bridgehead atoms. The molecule has 0 saturated heterocycles. The summed E-state index contributed by atoms with van der Waals surface area (Å²) in [5.74, 6) is 4.54. The van der Waals surface area contributed by atoms with E-state index < -0.39 is 0 Å². The monoisotopic (exact) mass is 402 g/mol. The Bertz CT molecular complexity index is 824. The third-order valence-electron chi connectivity index (χ3n) is 4.84. The Morgan fingerprint density at radius 1 is 1.07 bits per heavy atom. The lowest BCUT2D eigenvalue weighted by atomic mass is 10.2. The smallest absolute Gasteiger partial charge is 0.203 e. The van der Waals surface area contributed by atoms with Crippen molar-refractivity contribution in [1.29, 1.82) is 0 Å². The minimum Gasteiger partial charge on any atom is -0.493 e. The summed E-state index contributed by atoms with van der Waals surface area (Å²) in [7, 11) is 4.80. The van der Waals surface area contributed by atoms with Crippen LogP contribution in [0.4, 0.5) is 0 Å². The van der Waals surface area contributed by atoms with Crippen molar-refractivity contribution in [2.45, 2.75) is 45.8 Å². The van der Waals surface area contributed by atoms with Crippen LogP contribution in [0.5, 0.6) is 17.2 Å². The molecule has 9 nitrogen and oxygen atoms in total. The number of fused-ring (bicyclic) bond motifs is 1. The summed E-state index contributed by atoms with van der Waals surface area (Å²) in [6.07, 6.45) is 3.36. The van der Waals surface area contributed by atoms with Gasteiger partial charge >= 0.3 is 0 Å². The van der Waals surface area contributed by atoms with Crippen molar-refractivity contribution in [2.75, 3.05) is 27.9 Å². The first kappa shape index (κ1) is 20.8. The summed E-state index contributed by atoms with van der Waals surface area (Å²) in [4.78, 5) is 4.69. The number of hydrogen-bond donors (Lipinski definition) is 2. The highest BCUT2D eigenvalue weighted by molar-refractivity contribution is 5.79. The Labute approximate surface area is 171 Å². The fraction of sp³-hybridized carbons (Fsp3) is 0.550. The highest BCUT2D eigenvalue weighted by Gasteiger charge is 2.16. The maximum Gasteiger partial charge on any atom is 0.203 e. The van der Waals surface area contributed by atoms with Gasteiger partial charge in [-0.1, -0.05) is 0 Å². The molecule has 1 aliphatic rings. The first-order valence-electron chi connectivity index (χ1n) is 9.92. The molecule has 29 heavy (non-hydrogen) atoms. The molecule has 1 aliphatic heterocycles. The van der Waals surface area contributed by atoms with E-state index in [0.29, 0.717) is 30.3 Å². The van der Waals surface area contributed by atoms with Crippen LogP contribution in [0, 0.1) is 0 Å². The number of ether oxygens (including phenoxy) is 3. The lowest BCUT2D eigenvalue weighted by Crippen LogP contribution is -2.37. The largest absolute Gasteiger partial charge is 0.493 e. The van der Waals surface area contributed by atoms with Crippen LogP contribution in [0.3, 0.4) is 0 Å². The number of benzene rings is 1. The fourth-order valence-electron chi connectivity index (χ4n) is 3.40. The molecule has 2 N–H and O–H groups in total. The maximum absolute atomic E-state index is 5.42. The van der Waals surface area contributed by atoms with Crippen LogP contribution in [0.1, 0.15) is 37.0 Å². The van der Waals surface area contributed by atoms with Crippen molar-refractivity contribution in [3.05, 3.63) is 29.3 Å². The third kappa shape index (κ3) is 4.90. The van der Waals surface area contributed by atoms with Crippen LogP contribution in [0.2, 0.25) is 0 Å². The second kappa shape index (κ2) is 9.99. The average Bonchev–Trinajstić information content (AvgIpc) is 3.18. The minimum absolute atomic E-state index is 0.462. The predicted octanol–water partition coefficient (Wildman–Crippen LogP) is 1.90. The molecule has 0 aliphatic carbocycles. The van der Waals surface area contributed by atoms with E-state index in [1.54, 1.807) is 21.3 Å². The summed E-state index contributed by atoms with van der Waals surface area (Å²) in [5, 5.41) is 15.3. The Kier molecular flexibility index (Phi) is 7.15. The summed E-state index contributed by atoms with van der Waals surface area (Å²) >= 11 is 0. The molecule has 2 heterocycles. The SMILES string of the molecule is CCNC(=NCc1cc(OC)c(OC)c(OC)c1)NCc1nnc2n1CCCC2. The van der Waals surface area contributed by atoms with Crippen molar-refractivity contribution in [3.63, 3.8) is 0 Å². The number of nitrogens with zero attached hydrogens (tertiary/aromatic N) is 4. The van der Waals surface area contributed by atoms with Gasteiger partial charge in [-0.2, -0.15) is 0 Å². The maximum atomic E-state index is 5.42. The molecule has 0 atom stereocenters. The van der Waals surface area contributed by atoms with Crippen molar-refractivity contribution in [3.8, 4) is 17.2 Å². The van der Waals surface area contributed by atoms with Crippen LogP contribution in [0.25, 0.3) is 0 Å². The highest BCUT2D eigenvalue weighted by atomic mass is 16.5. The van der Waals surface area contributed by atoms with Gasteiger partial charge in [0.05, 0.1) is 34.4 Å². The van der Waals surface area contributed by atoms with E-state index in [0.717, 1.165) is 42.7 Å². The quantitative estimate of drug-likeness (QED) is 0.514. The van der Waals surface area contributed by atoms with Gasteiger partial charge in [-0.25, -0.2) is 4.99 Å². The topological polar surface area (TPSA) is 94.8 Å². The van der Waals surface area contributed by atoms with Crippen LogP contribution in [0.15, 0.2) is 17.1 Å². The van der Waals surface area contributed by atoms with Gasteiger partial charge in [-0.05, 0) is 37.5 Å². The lowest BCUT2D eigenvalue weighted by molar-refractivity contribution is 0.324. The van der Waals surface area contributed by atoms with E-state index in [1.165, 1.54) is 12.8 Å². The Morgan fingerprint density at radius 3 is 2.48 bits per heavy atom. The number of aliphatic imine (C=N–C) groups is 1. The molecule has 0 radical (unpaired) electrons. The number of guanidine groups is 1. The lowest BCUT2D eigenvalue weighted by Gasteiger charge is -2.16. The van der Waals surface area contributed by atoms with Crippen molar-refractivity contribution >= 4 is 5.96 Å². The normalized spacial score (nSPS) is 13.6. The molecular weight excluding hydrogens is 372 g/mol. The average molecular weight is 402 g/mol. The summed E-state index contributed by atoms with van der Waals surface area (Å²) in [5.41, 5.74) is 0.955. The Balaban J connectivity index is 1.71. The highest BCUT2D eigenvalue weighted by Crippen LogP contribution is 2.38. The van der Waals surface area contributed by atoms with Crippen molar-refractivity contribution < 1.29 is 14.2 Å². The third-order valence-corrected chi connectivity index (χ3v) is 4.84. The van der Waals surface area contributed by atoms with Gasteiger partial charge in [0.15, 0.2) is 23.3 Å². The summed E-state index contributed by atoms with van der Waals surface area (Å²) in [6.45, 7) is 4.82. The molecule has 0 amide bonds. The zero-order valence-electron chi connectivity index (χ0n) is 17.6. The molecule has 158 valence electrons. The molecular formula is C20H30N6O3. The first-order valence-corrected chi connectivity index (χ1v) is 9.92. The summed E-state index contributed by atoms with van der Waals surface area (Å²) < 4.78 is 18.4. The van der Waals surface area contributed by atoms with Crippen LogP contribution >= 0.6 is 0 Å². The number of nitrogens with one attached hydrogen (secondary N) is 2. The fourth-order valence-corrected chi connectivity index (χ4v) is 3.40. The van der Waals surface area contributed by atoms with E-state index in [2.05, 4.69) is 30.4 Å². The van der Waals surface area contributed by atoms with E-state index >= 15 is 0 Å². The Hall–Kier alpha value is -2.97. The predicted molar refractivity (Wildman–Crippen MR) is 111 cm³/mol. The zero-order chi connectivity index (χ0) is 20.6. The van der Waals surface area contributed by atoms with E-state index in [9.17, 15) is 0 Å². The summed E-state index contributed by atoms with van der Waals surface area (Å²) in [6, 6.07) is 3.81. The van der Waals surface area contributed by atoms with Gasteiger partial charge < -0.3 is 29.4 Å². The number of aromatic nitrogens is 3. The molecule has 9 heteroatoms. The van der Waals surface area contributed by atoms with Crippen LogP contribution < -0.4 is 24.8 Å². The molecule has 2 aromatic rings. The van der Waals surface area contributed by atoms with Crippen LogP contribution in [-0.4, -0.2) is 48.6 Å². The second-order valence-electron chi connectivity index (χ2n) is 6.72. The first-order chi connectivity index (χ1) is 14.2. The van der Waals surface area contributed by atoms with Gasteiger partial charge in [0, 0.05) is 19.5 Å². The van der Waals surface area contributed by atoms with Gasteiger partial charge in [0.25, 0.3) is 0 Å². The molecule has 1 aromatic carbocycles. The van der Waals surface area contributed by atoms with E-state index in [4.69, 9.17) is 14.2 Å². The van der Waals surface area contributed by atoms with Crippen LogP contribution in [-0.2, 0) is 26.1 Å². The number of rotatable bonds is 8. The molecule has 1 aromatic heterocycles. The molecule has 0 saturated carbocycles. The molecule has 0 fully saturated rings. The number of hydrogen-bond acceptors (Lipinski definition) is 6. The van der Waals surface area contributed by atoms with Crippen molar-refractivity contribution in [1.82, 2.24) is 25.4 Å². The Morgan fingerprint density at radius 2 is 1.83 bits per heavy atom. The second-order valence-corrected chi connectivity index (χ2v) is 6.72. The van der Waals surface area contributed by atoms with Gasteiger partial charge in [0.2, 0.25) is 5.75 Å². The van der Waals surface area contributed by atoms with Gasteiger partial charge in [0.1, 0.15) is 5.82 Å². The number of methoxy groups -OCH3 is 3. The van der Waals surface area contributed by atoms with E-state index in [-0.39, 0.29) is 0 Å². The molecule has 3 rings (SSSR count). The minimum atomic E-state index is 0.462. The zero-order valence-corrected chi connectivity index (χ0v) is 17.6.